The number of rotatable bonds is 7. The van der Waals surface area contributed by atoms with E-state index in [1.54, 1.807) is 50.2 Å². The molecule has 2 aromatic carbocycles. The van der Waals surface area contributed by atoms with Gasteiger partial charge in [0.25, 0.3) is 0 Å². The van der Waals surface area contributed by atoms with Crippen molar-refractivity contribution in [3.05, 3.63) is 70.8 Å². The Labute approximate surface area is 202 Å². The van der Waals surface area contributed by atoms with Crippen LogP contribution in [0.4, 0.5) is 0 Å². The van der Waals surface area contributed by atoms with Crippen molar-refractivity contribution in [3.63, 3.8) is 0 Å². The van der Waals surface area contributed by atoms with Crippen molar-refractivity contribution in [2.45, 2.75) is 64.3 Å². The molecule has 35 heavy (non-hydrogen) atoms. The molecule has 1 fully saturated rings. The van der Waals surface area contributed by atoms with Crippen LogP contribution < -0.4 is 0 Å². The highest BCUT2D eigenvalue weighted by molar-refractivity contribution is 6.09. The first-order valence-corrected chi connectivity index (χ1v) is 11.0. The molecular weight excluding hydrogens is 456 g/mol. The van der Waals surface area contributed by atoms with Crippen LogP contribution in [0.1, 0.15) is 53.9 Å². The van der Waals surface area contributed by atoms with Gasteiger partial charge in [-0.05, 0) is 37.5 Å². The van der Waals surface area contributed by atoms with Crippen LogP contribution >= 0.6 is 0 Å². The number of aliphatic hydroxyl groups excluding tert-OH is 1. The van der Waals surface area contributed by atoms with Crippen molar-refractivity contribution in [2.24, 2.45) is 0 Å². The Morgan fingerprint density at radius 1 is 0.943 bits per heavy atom. The molecule has 0 aliphatic carbocycles. The van der Waals surface area contributed by atoms with E-state index >= 15 is 0 Å². The van der Waals surface area contributed by atoms with Gasteiger partial charge in [0, 0.05) is 19.4 Å². The zero-order valence-electron chi connectivity index (χ0n) is 20.1. The van der Waals surface area contributed by atoms with Crippen LogP contribution in [-0.2, 0) is 28.6 Å². The van der Waals surface area contributed by atoms with Crippen LogP contribution in [0, 0.1) is 13.8 Å². The lowest BCUT2D eigenvalue weighted by atomic mass is 9.73. The summed E-state index contributed by atoms with van der Waals surface area (Å²) in [5, 5.41) is 22.9. The van der Waals surface area contributed by atoms with Gasteiger partial charge in [0.15, 0.2) is 11.9 Å². The van der Waals surface area contributed by atoms with Crippen molar-refractivity contribution in [3.8, 4) is 0 Å². The van der Waals surface area contributed by atoms with Gasteiger partial charge in [-0.2, -0.15) is 0 Å². The van der Waals surface area contributed by atoms with Crippen molar-refractivity contribution >= 4 is 23.5 Å². The zero-order valence-corrected chi connectivity index (χ0v) is 20.1. The molecule has 1 aliphatic heterocycles. The van der Waals surface area contributed by atoms with Gasteiger partial charge in [0.05, 0.1) is 0 Å². The summed E-state index contributed by atoms with van der Waals surface area (Å²) in [6.45, 7) is 6.53. The Kier molecular flexibility index (Phi) is 7.26. The van der Waals surface area contributed by atoms with Crippen LogP contribution in [0.15, 0.2) is 48.5 Å². The molecule has 0 spiro atoms. The van der Waals surface area contributed by atoms with E-state index in [1.807, 2.05) is 0 Å². The second-order valence-corrected chi connectivity index (χ2v) is 8.73. The molecule has 0 amide bonds. The van der Waals surface area contributed by atoms with Crippen molar-refractivity contribution < 1.29 is 43.6 Å². The Morgan fingerprint density at radius 2 is 1.51 bits per heavy atom. The molecule has 2 N–H and O–H groups in total. The summed E-state index contributed by atoms with van der Waals surface area (Å²) < 4.78 is 16.1. The van der Waals surface area contributed by atoms with E-state index in [0.29, 0.717) is 11.1 Å². The third kappa shape index (κ3) is 4.50. The molecule has 1 unspecified atom stereocenters. The van der Waals surface area contributed by atoms with E-state index in [4.69, 9.17) is 14.2 Å². The Bertz CT molecular complexity index is 1170. The van der Waals surface area contributed by atoms with Gasteiger partial charge in [-0.15, -0.1) is 0 Å². The lowest BCUT2D eigenvalue weighted by molar-refractivity contribution is -0.221. The molecule has 1 saturated heterocycles. The summed E-state index contributed by atoms with van der Waals surface area (Å²) in [4.78, 5) is 51.3. The average molecular weight is 485 g/mol. The monoisotopic (exact) mass is 484 g/mol. The van der Waals surface area contributed by atoms with Crippen molar-refractivity contribution in [1.29, 1.82) is 0 Å². The molecule has 0 radical (unpaired) electrons. The molecule has 0 bridgehead atoms. The maximum atomic E-state index is 13.9. The van der Waals surface area contributed by atoms with Gasteiger partial charge in [0.1, 0.15) is 6.10 Å². The van der Waals surface area contributed by atoms with Crippen molar-refractivity contribution in [1.82, 2.24) is 0 Å². The lowest BCUT2D eigenvalue weighted by Crippen LogP contribution is -2.66. The van der Waals surface area contributed by atoms with Crippen LogP contribution in [0.2, 0.25) is 0 Å². The fourth-order valence-electron chi connectivity index (χ4n) is 4.35. The minimum atomic E-state index is -2.86. The van der Waals surface area contributed by atoms with Gasteiger partial charge in [-0.3, -0.25) is 19.2 Å². The lowest BCUT2D eigenvalue weighted by Gasteiger charge is -2.39. The number of hydrogen-bond acceptors (Lipinski definition) is 9. The normalized spacial score (nSPS) is 26.6. The predicted molar refractivity (Wildman–Crippen MR) is 122 cm³/mol. The second-order valence-electron chi connectivity index (χ2n) is 8.73. The minimum Gasteiger partial charge on any atom is -0.449 e. The number of carbonyl (C=O) groups excluding carboxylic acids is 4. The van der Waals surface area contributed by atoms with Gasteiger partial charge >= 0.3 is 11.9 Å². The smallest absolute Gasteiger partial charge is 0.305 e. The molecule has 0 aromatic heterocycles. The Morgan fingerprint density at radius 3 is 2.06 bits per heavy atom. The Balaban J connectivity index is 2.21. The number of benzene rings is 2. The number of aliphatic hydroxyl groups is 2. The van der Waals surface area contributed by atoms with Gasteiger partial charge in [-0.25, -0.2) is 0 Å². The second kappa shape index (κ2) is 9.69. The van der Waals surface area contributed by atoms with E-state index in [0.717, 1.165) is 20.8 Å². The van der Waals surface area contributed by atoms with Gasteiger partial charge < -0.3 is 24.4 Å². The largest absolute Gasteiger partial charge is 0.449 e. The van der Waals surface area contributed by atoms with Crippen molar-refractivity contribution in [2.75, 3.05) is 0 Å². The number of aryl methyl sites for hydroxylation is 2. The molecule has 0 saturated carbocycles. The summed E-state index contributed by atoms with van der Waals surface area (Å²) >= 11 is 0. The van der Waals surface area contributed by atoms with E-state index in [-0.39, 0.29) is 11.1 Å². The topological polar surface area (TPSA) is 136 Å². The summed E-state index contributed by atoms with van der Waals surface area (Å²) in [7, 11) is 0. The van der Waals surface area contributed by atoms with E-state index < -0.39 is 53.2 Å². The minimum absolute atomic E-state index is 0.0311. The van der Waals surface area contributed by atoms with E-state index in [1.165, 1.54) is 12.1 Å². The summed E-state index contributed by atoms with van der Waals surface area (Å²) in [6.07, 6.45) is -5.66. The molecule has 9 nitrogen and oxygen atoms in total. The SMILES string of the molecule is CC(=O)O[C@H]1O[C@H](C(=O)C(O)c2ccccc2C)[C@](O)(C(=O)c2ccccc2C)[C@@]1(C)OC(C)=O. The molecule has 5 atom stereocenters. The Hall–Kier alpha value is -3.40. The first-order chi connectivity index (χ1) is 16.3. The first kappa shape index (κ1) is 26.2. The van der Waals surface area contributed by atoms with Gasteiger partial charge in [0.2, 0.25) is 23.3 Å². The molecular formula is C26H28O9. The summed E-state index contributed by atoms with van der Waals surface area (Å²) in [5.74, 6) is -3.86. The first-order valence-electron chi connectivity index (χ1n) is 11.0. The predicted octanol–water partition coefficient (Wildman–Crippen LogP) is 2.13. The van der Waals surface area contributed by atoms with Crippen LogP contribution in [0.5, 0.6) is 0 Å². The summed E-state index contributed by atoms with van der Waals surface area (Å²) in [6, 6.07) is 12.8. The number of esters is 2. The summed E-state index contributed by atoms with van der Waals surface area (Å²) in [5.41, 5.74) is -3.86. The molecule has 3 rings (SSSR count). The highest BCUT2D eigenvalue weighted by atomic mass is 16.7. The fourth-order valence-corrected chi connectivity index (χ4v) is 4.35. The molecule has 9 heteroatoms. The highest BCUT2D eigenvalue weighted by Crippen LogP contribution is 2.47. The maximum Gasteiger partial charge on any atom is 0.305 e. The highest BCUT2D eigenvalue weighted by Gasteiger charge is 2.74. The number of hydrogen-bond donors (Lipinski definition) is 2. The van der Waals surface area contributed by atoms with E-state index in [2.05, 4.69) is 0 Å². The fraction of sp³-hybridized carbons (Fsp3) is 0.385. The van der Waals surface area contributed by atoms with Crippen LogP contribution in [0.25, 0.3) is 0 Å². The molecule has 2 aromatic rings. The number of carbonyl (C=O) groups is 4. The molecule has 186 valence electrons. The molecule has 1 heterocycles. The van der Waals surface area contributed by atoms with Crippen LogP contribution in [-0.4, -0.2) is 57.3 Å². The third-order valence-corrected chi connectivity index (χ3v) is 6.22. The average Bonchev–Trinajstić information content (AvgIpc) is 2.99. The van der Waals surface area contributed by atoms with Crippen LogP contribution in [0.3, 0.4) is 0 Å². The number of Topliss-reactive ketones (excluding diaryl/α,β-unsaturated/α-hetero) is 2. The van der Waals surface area contributed by atoms with E-state index in [9.17, 15) is 29.4 Å². The quantitative estimate of drug-likeness (QED) is 0.447. The number of ketones is 2. The zero-order chi connectivity index (χ0) is 26.1. The third-order valence-electron chi connectivity index (χ3n) is 6.22. The molecule has 1 aliphatic rings. The van der Waals surface area contributed by atoms with Gasteiger partial charge in [-0.1, -0.05) is 48.5 Å². The number of ether oxygens (including phenoxy) is 3. The maximum absolute atomic E-state index is 13.9. The standard InChI is InChI=1S/C26H28O9/c1-14-10-6-8-12-18(14)20(29)21(30)23-26(32,22(31)19-13-9-7-11-15(19)2)25(5,35-17(4)28)24(34-23)33-16(3)27/h6-13,20,23-24,29,32H,1-5H3/t20?,23-,24+,25+,26-/m1/s1.